The van der Waals surface area contributed by atoms with Crippen molar-refractivity contribution in [2.24, 2.45) is 5.92 Å². The highest BCUT2D eigenvalue weighted by Crippen LogP contribution is 2.16. The van der Waals surface area contributed by atoms with Gasteiger partial charge in [-0.3, -0.25) is 4.79 Å². The van der Waals surface area contributed by atoms with Gasteiger partial charge < -0.3 is 9.84 Å². The van der Waals surface area contributed by atoms with E-state index in [1.807, 2.05) is 0 Å². The predicted molar refractivity (Wildman–Crippen MR) is 91.3 cm³/mol. The summed E-state index contributed by atoms with van der Waals surface area (Å²) in [6.45, 7) is 6.15. The molecule has 0 bridgehead atoms. The molecule has 0 aliphatic carbocycles. The van der Waals surface area contributed by atoms with Gasteiger partial charge in [0.25, 0.3) is 0 Å². The molecule has 126 valence electrons. The van der Waals surface area contributed by atoms with E-state index >= 15 is 0 Å². The van der Waals surface area contributed by atoms with Gasteiger partial charge in [-0.1, -0.05) is 57.4 Å². The topological polar surface area (TPSA) is 63.6 Å². The van der Waals surface area contributed by atoms with Crippen molar-refractivity contribution >= 4 is 17.8 Å². The number of unbranched alkanes of at least 4 members (excludes halogenated alkanes) is 1. The molecule has 0 saturated carbocycles. The highest BCUT2D eigenvalue weighted by atomic mass is 16.5. The zero-order chi connectivity index (χ0) is 17.2. The van der Waals surface area contributed by atoms with Gasteiger partial charge in [0, 0.05) is 5.56 Å². The van der Waals surface area contributed by atoms with Crippen molar-refractivity contribution in [1.82, 2.24) is 0 Å². The molecule has 1 N–H and O–H groups in total. The van der Waals surface area contributed by atoms with Crippen molar-refractivity contribution in [2.45, 2.75) is 46.5 Å². The lowest BCUT2D eigenvalue weighted by Crippen LogP contribution is -2.13. The van der Waals surface area contributed by atoms with Gasteiger partial charge in [0.1, 0.15) is 0 Å². The number of carbonyl (C=O) groups is 2. The molecule has 1 unspecified atom stereocenters. The van der Waals surface area contributed by atoms with Gasteiger partial charge in [-0.15, -0.1) is 0 Å². The average Bonchev–Trinajstić information content (AvgIpc) is 2.54. The Kier molecular flexibility index (Phi) is 8.09. The molecule has 1 aromatic carbocycles. The maximum absolute atomic E-state index is 11.3. The van der Waals surface area contributed by atoms with E-state index in [4.69, 9.17) is 4.74 Å². The number of carboxylic acids is 1. The number of carbonyl (C=O) groups excluding carboxylic acids is 1. The van der Waals surface area contributed by atoms with E-state index in [-0.39, 0.29) is 11.5 Å². The predicted octanol–water partition coefficient (Wildman–Crippen LogP) is 4.55. The summed E-state index contributed by atoms with van der Waals surface area (Å²) in [5.74, 6) is -0.781. The highest BCUT2D eigenvalue weighted by Gasteiger charge is 2.13. The van der Waals surface area contributed by atoms with Crippen molar-refractivity contribution in [3.05, 3.63) is 41.2 Å². The fourth-order valence-electron chi connectivity index (χ4n) is 2.24. The highest BCUT2D eigenvalue weighted by molar-refractivity contribution is 5.94. The Morgan fingerprint density at radius 3 is 2.35 bits per heavy atom. The molecule has 0 fully saturated rings. The maximum Gasteiger partial charge on any atom is 0.371 e. The molecular formula is C19H26O4. The van der Waals surface area contributed by atoms with Crippen LogP contribution < -0.4 is 0 Å². The zero-order valence-corrected chi connectivity index (χ0v) is 14.2. The van der Waals surface area contributed by atoms with Gasteiger partial charge in [-0.05, 0) is 30.9 Å². The summed E-state index contributed by atoms with van der Waals surface area (Å²) in [6.07, 6.45) is 5.77. The maximum atomic E-state index is 11.3. The monoisotopic (exact) mass is 318 g/mol. The van der Waals surface area contributed by atoms with Crippen LogP contribution in [0.25, 0.3) is 6.08 Å². The zero-order valence-electron chi connectivity index (χ0n) is 14.2. The number of Topliss-reactive ketones (excluding diaryl/α,β-unsaturated/α-hetero) is 1. The second-order valence-corrected chi connectivity index (χ2v) is 5.72. The van der Waals surface area contributed by atoms with Gasteiger partial charge in [0.15, 0.2) is 5.78 Å². The summed E-state index contributed by atoms with van der Waals surface area (Å²) in [7, 11) is 0. The van der Waals surface area contributed by atoms with Crippen LogP contribution in [0.4, 0.5) is 0 Å². The molecule has 0 radical (unpaired) electrons. The molecule has 1 rings (SSSR count). The Labute approximate surface area is 138 Å². The quantitative estimate of drug-likeness (QED) is 0.390. The fourth-order valence-corrected chi connectivity index (χ4v) is 2.24. The number of hydrogen-bond donors (Lipinski definition) is 1. The lowest BCUT2D eigenvalue weighted by atomic mass is 10.0. The molecule has 23 heavy (non-hydrogen) atoms. The van der Waals surface area contributed by atoms with E-state index in [0.717, 1.165) is 25.7 Å². The first-order valence-corrected chi connectivity index (χ1v) is 8.16. The SMILES string of the molecule is CCCCC(CC)COC(=Cc1ccc(C(C)=O)cc1)C(=O)O. The second kappa shape index (κ2) is 9.82. The van der Waals surface area contributed by atoms with E-state index in [1.54, 1.807) is 24.3 Å². The minimum absolute atomic E-state index is 0.0167. The van der Waals surface area contributed by atoms with Crippen LogP contribution in [0, 0.1) is 5.92 Å². The van der Waals surface area contributed by atoms with Crippen molar-refractivity contribution in [2.75, 3.05) is 6.61 Å². The molecule has 0 amide bonds. The largest absolute Gasteiger partial charge is 0.486 e. The van der Waals surface area contributed by atoms with Crippen molar-refractivity contribution < 1.29 is 19.4 Å². The first-order chi connectivity index (χ1) is 11.0. The van der Waals surface area contributed by atoms with Gasteiger partial charge in [-0.2, -0.15) is 0 Å². The normalized spacial score (nSPS) is 12.7. The summed E-state index contributed by atoms with van der Waals surface area (Å²) in [4.78, 5) is 22.6. The van der Waals surface area contributed by atoms with Crippen molar-refractivity contribution in [3.63, 3.8) is 0 Å². The molecule has 0 aliphatic heterocycles. The van der Waals surface area contributed by atoms with Crippen LogP contribution in [-0.2, 0) is 9.53 Å². The standard InChI is InChI=1S/C19H26O4/c1-4-6-7-15(5-2)13-23-18(19(21)22)12-16-8-10-17(11-9-16)14(3)20/h8-12,15H,4-7,13H2,1-3H3,(H,21,22). The lowest BCUT2D eigenvalue weighted by Gasteiger charge is -2.15. The average molecular weight is 318 g/mol. The van der Waals surface area contributed by atoms with E-state index < -0.39 is 5.97 Å². The first kappa shape index (κ1) is 18.9. The smallest absolute Gasteiger partial charge is 0.371 e. The number of aliphatic carboxylic acids is 1. The van der Waals surface area contributed by atoms with E-state index in [9.17, 15) is 14.7 Å². The van der Waals surface area contributed by atoms with E-state index in [2.05, 4.69) is 13.8 Å². The molecule has 4 nitrogen and oxygen atoms in total. The Hall–Kier alpha value is -2.10. The third-order valence-electron chi connectivity index (χ3n) is 3.84. The van der Waals surface area contributed by atoms with Gasteiger partial charge in [0.05, 0.1) is 6.61 Å². The summed E-state index contributed by atoms with van der Waals surface area (Å²) in [5, 5.41) is 9.29. The van der Waals surface area contributed by atoms with E-state index in [0.29, 0.717) is 23.7 Å². The molecular weight excluding hydrogens is 292 g/mol. The molecule has 1 atom stereocenters. The minimum atomic E-state index is -1.08. The minimum Gasteiger partial charge on any atom is -0.486 e. The van der Waals surface area contributed by atoms with Crippen LogP contribution in [0.3, 0.4) is 0 Å². The van der Waals surface area contributed by atoms with Crippen LogP contribution in [0.2, 0.25) is 0 Å². The molecule has 1 aromatic rings. The van der Waals surface area contributed by atoms with Crippen LogP contribution in [0.5, 0.6) is 0 Å². The number of ether oxygens (including phenoxy) is 1. The number of ketones is 1. The van der Waals surface area contributed by atoms with Gasteiger partial charge in [0.2, 0.25) is 5.76 Å². The molecule has 0 heterocycles. The molecule has 0 saturated heterocycles. The lowest BCUT2D eigenvalue weighted by molar-refractivity contribution is -0.136. The second-order valence-electron chi connectivity index (χ2n) is 5.72. The number of hydrogen-bond acceptors (Lipinski definition) is 3. The van der Waals surface area contributed by atoms with Gasteiger partial charge >= 0.3 is 5.97 Å². The first-order valence-electron chi connectivity index (χ1n) is 8.16. The Balaban J connectivity index is 2.76. The number of carboxylic acid groups (broad SMARTS) is 1. The van der Waals surface area contributed by atoms with Crippen LogP contribution in [0.1, 0.15) is 62.4 Å². The van der Waals surface area contributed by atoms with Crippen molar-refractivity contribution in [3.8, 4) is 0 Å². The molecule has 4 heteroatoms. The summed E-state index contributed by atoms with van der Waals surface area (Å²) in [5.41, 5.74) is 1.31. The third-order valence-corrected chi connectivity index (χ3v) is 3.84. The number of benzene rings is 1. The third kappa shape index (κ3) is 6.68. The molecule has 0 aliphatic rings. The number of rotatable bonds is 10. The Morgan fingerprint density at radius 2 is 1.87 bits per heavy atom. The summed E-state index contributed by atoms with van der Waals surface area (Å²) < 4.78 is 5.53. The van der Waals surface area contributed by atoms with Crippen LogP contribution >= 0.6 is 0 Å². The summed E-state index contributed by atoms with van der Waals surface area (Å²) in [6, 6.07) is 6.81. The van der Waals surface area contributed by atoms with Gasteiger partial charge in [-0.25, -0.2) is 4.79 Å². The van der Waals surface area contributed by atoms with Crippen molar-refractivity contribution in [1.29, 1.82) is 0 Å². The Bertz CT molecular complexity index is 543. The van der Waals surface area contributed by atoms with Crippen LogP contribution in [0.15, 0.2) is 30.0 Å². The van der Waals surface area contributed by atoms with E-state index in [1.165, 1.54) is 13.0 Å². The molecule has 0 spiro atoms. The fraction of sp³-hybridized carbons (Fsp3) is 0.474. The molecule has 0 aromatic heterocycles. The van der Waals surface area contributed by atoms with Crippen LogP contribution in [-0.4, -0.2) is 23.5 Å². The summed E-state index contributed by atoms with van der Waals surface area (Å²) >= 11 is 0. The Morgan fingerprint density at radius 1 is 1.22 bits per heavy atom.